The fourth-order valence-electron chi connectivity index (χ4n) is 6.37. The van der Waals surface area contributed by atoms with Gasteiger partial charge in [0.2, 0.25) is 0 Å². The number of nitrogens with one attached hydrogen (secondary N) is 1. The predicted octanol–water partition coefficient (Wildman–Crippen LogP) is 6.03. The van der Waals surface area contributed by atoms with Crippen LogP contribution >= 0.6 is 0 Å². The van der Waals surface area contributed by atoms with Crippen molar-refractivity contribution >= 4 is 51.4 Å². The monoisotopic (exact) mass is 660 g/mol. The molecule has 1 N–H and O–H groups in total. The fourth-order valence-corrected chi connectivity index (χ4v) is 6.37. The van der Waals surface area contributed by atoms with Crippen molar-refractivity contribution in [3.63, 3.8) is 0 Å². The summed E-state index contributed by atoms with van der Waals surface area (Å²) in [7, 11) is 0. The molecule has 0 saturated carbocycles. The summed E-state index contributed by atoms with van der Waals surface area (Å²) in [5, 5.41) is 3.87. The third-order valence-corrected chi connectivity index (χ3v) is 8.46. The number of aromatic amines is 1. The predicted molar refractivity (Wildman–Crippen MR) is 185 cm³/mol. The SMILES string of the molecule is CCCc1nc(CC)n(-c2ccc(O[C@H]3C[C@@H](C)O[C@@H](C)C3)cc2)c(=O)c1Cc1ccc(-c2ccccc2-c2noc(=O)[nH]2)cc1.[KH]. The van der Waals surface area contributed by atoms with Gasteiger partial charge >= 0.3 is 57.1 Å². The van der Waals surface area contributed by atoms with Crippen molar-refractivity contribution in [1.29, 1.82) is 0 Å². The summed E-state index contributed by atoms with van der Waals surface area (Å²) in [6.07, 6.45) is 4.87. The van der Waals surface area contributed by atoms with E-state index in [1.165, 1.54) is 0 Å². The maximum atomic E-state index is 14.2. The van der Waals surface area contributed by atoms with E-state index in [-0.39, 0.29) is 75.3 Å². The summed E-state index contributed by atoms with van der Waals surface area (Å²) >= 11 is 0. The molecule has 10 heteroatoms. The van der Waals surface area contributed by atoms with E-state index < -0.39 is 5.76 Å². The number of H-pyrrole nitrogens is 1. The van der Waals surface area contributed by atoms with Crippen LogP contribution < -0.4 is 16.1 Å². The molecule has 1 fully saturated rings. The molecule has 2 aromatic heterocycles. The summed E-state index contributed by atoms with van der Waals surface area (Å²) in [5.74, 6) is 1.31. The van der Waals surface area contributed by atoms with Crippen LogP contribution in [0.25, 0.3) is 28.2 Å². The van der Waals surface area contributed by atoms with E-state index in [2.05, 4.69) is 30.9 Å². The normalized spacial score (nSPS) is 17.7. The Morgan fingerprint density at radius 1 is 0.915 bits per heavy atom. The quantitative estimate of drug-likeness (QED) is 0.182. The number of nitrogens with zero attached hydrogens (tertiary/aromatic N) is 3. The molecule has 0 amide bonds. The van der Waals surface area contributed by atoms with E-state index in [1.54, 1.807) is 4.57 Å². The zero-order valence-electron chi connectivity index (χ0n) is 26.8. The Balaban J connectivity index is 0.00000433. The van der Waals surface area contributed by atoms with E-state index in [0.717, 1.165) is 70.9 Å². The van der Waals surface area contributed by atoms with E-state index >= 15 is 0 Å². The van der Waals surface area contributed by atoms with Crippen molar-refractivity contribution in [2.45, 2.75) is 84.5 Å². The van der Waals surface area contributed by atoms with E-state index in [9.17, 15) is 9.59 Å². The van der Waals surface area contributed by atoms with Crippen LogP contribution in [0.15, 0.2) is 86.9 Å². The zero-order valence-corrected chi connectivity index (χ0v) is 26.8. The molecule has 3 atom stereocenters. The summed E-state index contributed by atoms with van der Waals surface area (Å²) in [6, 6.07) is 23.6. The molecule has 3 heterocycles. The van der Waals surface area contributed by atoms with Gasteiger partial charge in [-0.05, 0) is 61.2 Å². The van der Waals surface area contributed by atoms with Crippen molar-refractivity contribution in [3.8, 4) is 34.0 Å². The Hall–Kier alpha value is -3.12. The van der Waals surface area contributed by atoms with Crippen LogP contribution in [0.2, 0.25) is 0 Å². The first-order chi connectivity index (χ1) is 22.3. The molecular formula is C37H41KN4O5. The first-order valence-corrected chi connectivity index (χ1v) is 16.1. The van der Waals surface area contributed by atoms with Crippen LogP contribution in [0.3, 0.4) is 0 Å². The van der Waals surface area contributed by atoms with Gasteiger partial charge in [-0.3, -0.25) is 18.9 Å². The number of aryl methyl sites for hydroxylation is 2. The third kappa shape index (κ3) is 8.13. The second-order valence-electron chi connectivity index (χ2n) is 12.0. The first-order valence-electron chi connectivity index (χ1n) is 16.1. The van der Waals surface area contributed by atoms with Gasteiger partial charge in [0.1, 0.15) is 17.7 Å². The van der Waals surface area contributed by atoms with Crippen LogP contribution in [0.1, 0.15) is 69.6 Å². The summed E-state index contributed by atoms with van der Waals surface area (Å²) in [4.78, 5) is 33.5. The van der Waals surface area contributed by atoms with Crippen LogP contribution in [0.5, 0.6) is 5.75 Å². The Bertz CT molecular complexity index is 1900. The van der Waals surface area contributed by atoms with Gasteiger partial charge in [-0.15, -0.1) is 0 Å². The minimum atomic E-state index is -0.597. The van der Waals surface area contributed by atoms with Crippen molar-refractivity contribution in [2.24, 2.45) is 0 Å². The second-order valence-corrected chi connectivity index (χ2v) is 12.0. The molecule has 5 aromatic rings. The van der Waals surface area contributed by atoms with Gasteiger partial charge in [0, 0.05) is 36.8 Å². The third-order valence-electron chi connectivity index (χ3n) is 8.46. The van der Waals surface area contributed by atoms with Crippen LogP contribution in [-0.2, 0) is 24.0 Å². The molecule has 0 aliphatic carbocycles. The first kappa shape index (κ1) is 35.2. The van der Waals surface area contributed by atoms with E-state index in [4.69, 9.17) is 19.0 Å². The number of hydrogen-bond donors (Lipinski definition) is 1. The van der Waals surface area contributed by atoms with Gasteiger partial charge in [-0.2, -0.15) is 0 Å². The Labute approximate surface area is 317 Å². The molecule has 240 valence electrons. The van der Waals surface area contributed by atoms with Gasteiger partial charge in [0.25, 0.3) is 5.56 Å². The second kappa shape index (κ2) is 15.8. The van der Waals surface area contributed by atoms with Crippen LogP contribution in [0.4, 0.5) is 0 Å². The number of hydrogen-bond acceptors (Lipinski definition) is 7. The number of aromatic nitrogens is 4. The zero-order chi connectivity index (χ0) is 32.2. The molecule has 3 aromatic carbocycles. The summed E-state index contributed by atoms with van der Waals surface area (Å²) in [6.45, 7) is 8.30. The van der Waals surface area contributed by atoms with E-state index in [0.29, 0.717) is 24.2 Å². The molecular weight excluding hydrogens is 620 g/mol. The topological polar surface area (TPSA) is 112 Å². The molecule has 1 saturated heterocycles. The Morgan fingerprint density at radius 3 is 2.21 bits per heavy atom. The van der Waals surface area contributed by atoms with Crippen molar-refractivity contribution < 1.29 is 14.0 Å². The Kier molecular flexibility index (Phi) is 11.9. The van der Waals surface area contributed by atoms with E-state index in [1.807, 2.05) is 79.7 Å². The molecule has 6 rings (SSSR count). The van der Waals surface area contributed by atoms with Gasteiger partial charge < -0.3 is 9.47 Å². The van der Waals surface area contributed by atoms with Gasteiger partial charge in [-0.1, -0.05) is 74.0 Å². The van der Waals surface area contributed by atoms with Gasteiger partial charge in [-0.25, -0.2) is 9.78 Å². The average Bonchev–Trinajstić information content (AvgIpc) is 3.49. The molecule has 9 nitrogen and oxygen atoms in total. The Morgan fingerprint density at radius 2 is 1.60 bits per heavy atom. The van der Waals surface area contributed by atoms with Gasteiger partial charge in [0.05, 0.1) is 23.6 Å². The van der Waals surface area contributed by atoms with Crippen molar-refractivity contribution in [2.75, 3.05) is 0 Å². The molecule has 0 radical (unpaired) electrons. The number of benzene rings is 3. The van der Waals surface area contributed by atoms with Gasteiger partial charge in [0.15, 0.2) is 5.82 Å². The molecule has 0 spiro atoms. The summed E-state index contributed by atoms with van der Waals surface area (Å²) < 4.78 is 18.6. The molecule has 1 aliphatic heterocycles. The van der Waals surface area contributed by atoms with Crippen LogP contribution in [0, 0.1) is 0 Å². The maximum absolute atomic E-state index is 14.2. The van der Waals surface area contributed by atoms with Crippen molar-refractivity contribution in [3.05, 3.63) is 116 Å². The molecule has 0 unspecified atom stereocenters. The molecule has 1 aliphatic rings. The number of rotatable bonds is 10. The minimum absolute atomic E-state index is 0. The average molecular weight is 661 g/mol. The van der Waals surface area contributed by atoms with Crippen molar-refractivity contribution in [1.82, 2.24) is 19.7 Å². The molecule has 0 bridgehead atoms. The molecule has 47 heavy (non-hydrogen) atoms. The standard InChI is InChI=1S/C37H40N4O5.K.H/c1-5-9-33-32(22-25-12-14-26(15-13-25)30-10-7-8-11-31(30)35-39-37(43)46-40-35)36(42)41(34(6-2)38-33)27-16-18-28(19-17-27)45-29-20-23(3)44-24(4)21-29;;/h7-8,10-19,23-24,29H,5-6,9,20-22H2,1-4H3,(H,39,40,43);;/t23-,24+,29+;;. The summed E-state index contributed by atoms with van der Waals surface area (Å²) in [5.41, 5.74) is 5.94. The van der Waals surface area contributed by atoms with Crippen LogP contribution in [-0.4, -0.2) is 89.4 Å². The fraction of sp³-hybridized carbons (Fsp3) is 0.351. The number of ether oxygens (including phenoxy) is 2.